The van der Waals surface area contributed by atoms with Crippen molar-refractivity contribution in [3.8, 4) is 5.75 Å². The van der Waals surface area contributed by atoms with E-state index >= 15 is 0 Å². The van der Waals surface area contributed by atoms with E-state index in [9.17, 15) is 14.4 Å². The fourth-order valence-electron chi connectivity index (χ4n) is 3.89. The Balaban J connectivity index is 1.40. The Kier molecular flexibility index (Phi) is 6.67. The van der Waals surface area contributed by atoms with Gasteiger partial charge in [0.25, 0.3) is 11.8 Å². The van der Waals surface area contributed by atoms with Crippen LogP contribution in [0.5, 0.6) is 5.75 Å². The molecule has 1 aromatic heterocycles. The van der Waals surface area contributed by atoms with E-state index in [2.05, 4.69) is 15.8 Å². The quantitative estimate of drug-likeness (QED) is 0.569. The average molecular weight is 462 g/mol. The molecule has 34 heavy (non-hydrogen) atoms. The Bertz CT molecular complexity index is 1260. The molecule has 0 radical (unpaired) electrons. The summed E-state index contributed by atoms with van der Waals surface area (Å²) in [7, 11) is 4.77. The second-order valence-corrected chi connectivity index (χ2v) is 8.32. The number of methoxy groups -OCH3 is 1. The number of aromatic amines is 1. The normalized spacial score (nSPS) is 13.4. The summed E-state index contributed by atoms with van der Waals surface area (Å²) in [5.41, 5.74) is 3.91. The van der Waals surface area contributed by atoms with Gasteiger partial charge in [0.2, 0.25) is 0 Å². The Morgan fingerprint density at radius 1 is 1.06 bits per heavy atom. The summed E-state index contributed by atoms with van der Waals surface area (Å²) < 4.78 is 10.3. The zero-order valence-corrected chi connectivity index (χ0v) is 19.5. The third-order valence-corrected chi connectivity index (χ3v) is 5.77. The Labute approximate surface area is 197 Å². The first-order chi connectivity index (χ1) is 16.4. The molecule has 0 atom stereocenters. The van der Waals surface area contributed by atoms with Crippen molar-refractivity contribution in [1.29, 1.82) is 0 Å². The summed E-state index contributed by atoms with van der Waals surface area (Å²) >= 11 is 0. The van der Waals surface area contributed by atoms with Crippen molar-refractivity contribution in [2.75, 3.05) is 40.9 Å². The van der Waals surface area contributed by atoms with Crippen LogP contribution in [0, 0.1) is 0 Å². The van der Waals surface area contributed by atoms with Crippen LogP contribution >= 0.6 is 0 Å². The summed E-state index contributed by atoms with van der Waals surface area (Å²) in [4.78, 5) is 43.1. The Morgan fingerprint density at radius 3 is 2.53 bits per heavy atom. The van der Waals surface area contributed by atoms with Crippen LogP contribution in [-0.4, -0.2) is 73.5 Å². The second-order valence-electron chi connectivity index (χ2n) is 8.32. The minimum Gasteiger partial charge on any atom is -0.484 e. The standard InChI is InChI=1S/C26H27N3O5/c1-28(2)25(31)23-14-19-7-6-18(13-22(19)27-23)20-5-4-12-29(15-20)24(30)16-34-21-10-8-17(9-11-21)26(32)33-3/h5-11,13-14,27H,4,12,15-16H2,1-3H3. The molecule has 1 aliphatic rings. The van der Waals surface area contributed by atoms with E-state index in [0.29, 0.717) is 30.1 Å². The molecule has 2 heterocycles. The molecule has 0 fully saturated rings. The fourth-order valence-corrected chi connectivity index (χ4v) is 3.89. The van der Waals surface area contributed by atoms with Crippen LogP contribution in [0.15, 0.2) is 54.6 Å². The highest BCUT2D eigenvalue weighted by atomic mass is 16.5. The van der Waals surface area contributed by atoms with Crippen LogP contribution in [0.3, 0.4) is 0 Å². The number of aromatic nitrogens is 1. The van der Waals surface area contributed by atoms with Crippen molar-refractivity contribution in [2.24, 2.45) is 0 Å². The molecule has 0 bridgehead atoms. The maximum Gasteiger partial charge on any atom is 0.337 e. The first-order valence-electron chi connectivity index (χ1n) is 11.0. The first kappa shape index (κ1) is 23.1. The highest BCUT2D eigenvalue weighted by molar-refractivity contribution is 5.98. The van der Waals surface area contributed by atoms with Gasteiger partial charge in [-0.15, -0.1) is 0 Å². The predicted molar refractivity (Wildman–Crippen MR) is 129 cm³/mol. The summed E-state index contributed by atoms with van der Waals surface area (Å²) in [6, 6.07) is 14.3. The molecule has 176 valence electrons. The molecule has 1 N–H and O–H groups in total. The number of nitrogens with zero attached hydrogens (tertiary/aromatic N) is 2. The van der Waals surface area contributed by atoms with E-state index in [-0.39, 0.29) is 18.4 Å². The maximum absolute atomic E-state index is 12.8. The van der Waals surface area contributed by atoms with E-state index in [1.54, 1.807) is 43.3 Å². The van der Waals surface area contributed by atoms with Crippen LogP contribution in [0.25, 0.3) is 16.5 Å². The van der Waals surface area contributed by atoms with Crippen molar-refractivity contribution < 1.29 is 23.9 Å². The average Bonchev–Trinajstić information content (AvgIpc) is 3.30. The molecule has 0 saturated heterocycles. The number of carbonyl (C=O) groups excluding carboxylic acids is 3. The van der Waals surface area contributed by atoms with Gasteiger partial charge in [0.1, 0.15) is 11.4 Å². The van der Waals surface area contributed by atoms with Gasteiger partial charge in [0, 0.05) is 38.1 Å². The van der Waals surface area contributed by atoms with Crippen LogP contribution in [0.1, 0.15) is 32.8 Å². The molecule has 8 heteroatoms. The molecule has 0 aliphatic carbocycles. The lowest BCUT2D eigenvalue weighted by atomic mass is 10.00. The molecule has 4 rings (SSSR count). The van der Waals surface area contributed by atoms with Crippen LogP contribution in [0.4, 0.5) is 0 Å². The number of carbonyl (C=O) groups is 3. The van der Waals surface area contributed by atoms with E-state index in [1.807, 2.05) is 24.3 Å². The molecular formula is C26H27N3O5. The number of fused-ring (bicyclic) bond motifs is 1. The summed E-state index contributed by atoms with van der Waals surface area (Å²) in [5.74, 6) is -0.101. The third-order valence-electron chi connectivity index (χ3n) is 5.77. The molecule has 3 aromatic rings. The molecule has 0 unspecified atom stereocenters. The molecule has 0 spiro atoms. The van der Waals surface area contributed by atoms with E-state index in [4.69, 9.17) is 4.74 Å². The Hall–Kier alpha value is -4.07. The monoisotopic (exact) mass is 461 g/mol. The first-order valence-corrected chi connectivity index (χ1v) is 11.0. The van der Waals surface area contributed by atoms with Gasteiger partial charge in [-0.3, -0.25) is 9.59 Å². The molecule has 8 nitrogen and oxygen atoms in total. The fraction of sp³-hybridized carbons (Fsp3) is 0.269. The van der Waals surface area contributed by atoms with Gasteiger partial charge in [-0.25, -0.2) is 4.79 Å². The van der Waals surface area contributed by atoms with Gasteiger partial charge < -0.3 is 24.3 Å². The number of amides is 2. The second kappa shape index (κ2) is 9.82. The molecule has 0 saturated carbocycles. The number of H-pyrrole nitrogens is 1. The van der Waals surface area contributed by atoms with Crippen molar-refractivity contribution in [3.63, 3.8) is 0 Å². The van der Waals surface area contributed by atoms with Gasteiger partial charge in [0.15, 0.2) is 6.61 Å². The SMILES string of the molecule is COC(=O)c1ccc(OCC(=O)N2CCC=C(c3ccc4cc(C(=O)N(C)C)[nH]c4c3)C2)cc1. The van der Waals surface area contributed by atoms with Gasteiger partial charge >= 0.3 is 5.97 Å². The number of benzene rings is 2. The number of rotatable bonds is 6. The summed E-state index contributed by atoms with van der Waals surface area (Å²) in [5, 5.41) is 0.963. The van der Waals surface area contributed by atoms with Crippen LogP contribution < -0.4 is 4.74 Å². The number of esters is 1. The zero-order chi connectivity index (χ0) is 24.2. The molecule has 1 aliphatic heterocycles. The van der Waals surface area contributed by atoms with E-state index < -0.39 is 5.97 Å². The maximum atomic E-state index is 12.8. The largest absolute Gasteiger partial charge is 0.484 e. The van der Waals surface area contributed by atoms with Crippen molar-refractivity contribution in [3.05, 3.63) is 71.4 Å². The van der Waals surface area contributed by atoms with Gasteiger partial charge in [-0.2, -0.15) is 0 Å². The van der Waals surface area contributed by atoms with E-state index in [0.717, 1.165) is 28.5 Å². The number of ether oxygens (including phenoxy) is 2. The molecular weight excluding hydrogens is 434 g/mol. The predicted octanol–water partition coefficient (Wildman–Crippen LogP) is 3.35. The smallest absolute Gasteiger partial charge is 0.337 e. The lowest BCUT2D eigenvalue weighted by Gasteiger charge is -2.27. The molecule has 2 amide bonds. The van der Waals surface area contributed by atoms with Crippen molar-refractivity contribution in [1.82, 2.24) is 14.8 Å². The third kappa shape index (κ3) is 4.96. The Morgan fingerprint density at radius 2 is 1.82 bits per heavy atom. The minimum atomic E-state index is -0.423. The summed E-state index contributed by atoms with van der Waals surface area (Å²) in [6.07, 6.45) is 2.90. The lowest BCUT2D eigenvalue weighted by molar-refractivity contribution is -0.132. The topological polar surface area (TPSA) is 91.9 Å². The number of nitrogens with one attached hydrogen (secondary N) is 1. The number of hydrogen-bond donors (Lipinski definition) is 1. The van der Waals surface area contributed by atoms with Crippen LogP contribution in [-0.2, 0) is 9.53 Å². The lowest BCUT2D eigenvalue weighted by Crippen LogP contribution is -2.38. The van der Waals surface area contributed by atoms with Crippen LogP contribution in [0.2, 0.25) is 0 Å². The minimum absolute atomic E-state index is 0.0775. The van der Waals surface area contributed by atoms with Crippen molar-refractivity contribution >= 4 is 34.3 Å². The highest BCUT2D eigenvalue weighted by Crippen LogP contribution is 2.25. The van der Waals surface area contributed by atoms with Crippen molar-refractivity contribution in [2.45, 2.75) is 6.42 Å². The number of hydrogen-bond acceptors (Lipinski definition) is 5. The van der Waals surface area contributed by atoms with E-state index in [1.165, 1.54) is 12.0 Å². The molecule has 2 aromatic carbocycles. The summed E-state index contributed by atoms with van der Waals surface area (Å²) in [6.45, 7) is 1.02. The zero-order valence-electron chi connectivity index (χ0n) is 19.5. The highest BCUT2D eigenvalue weighted by Gasteiger charge is 2.20. The van der Waals surface area contributed by atoms with Gasteiger partial charge in [-0.1, -0.05) is 18.2 Å². The van der Waals surface area contributed by atoms with Gasteiger partial charge in [0.05, 0.1) is 12.7 Å². The van der Waals surface area contributed by atoms with Gasteiger partial charge in [-0.05, 0) is 54.0 Å².